The van der Waals surface area contributed by atoms with Crippen LogP contribution in [0.3, 0.4) is 0 Å². The van der Waals surface area contributed by atoms with Crippen molar-refractivity contribution in [3.05, 3.63) is 32.2 Å². The van der Waals surface area contributed by atoms with E-state index < -0.39 is 5.97 Å². The summed E-state index contributed by atoms with van der Waals surface area (Å²) in [7, 11) is 0. The minimum atomic E-state index is -0.954. The molecule has 0 saturated heterocycles. The minimum Gasteiger partial charge on any atom is -0.481 e. The lowest BCUT2D eigenvalue weighted by molar-refractivity contribution is -0.136. The van der Waals surface area contributed by atoms with Gasteiger partial charge in [0.25, 0.3) is 0 Å². The second-order valence-electron chi connectivity index (χ2n) is 2.60. The molecular weight excluding hydrogens is 314 g/mol. The number of benzene rings is 1. The zero-order valence-corrected chi connectivity index (χ0v) is 10.1. The number of hydrogen-bond acceptors (Lipinski definition) is 2. The van der Waals surface area contributed by atoms with E-state index in [2.05, 4.69) is 31.9 Å². The van der Waals surface area contributed by atoms with Crippen LogP contribution in [0.4, 0.5) is 0 Å². The van der Waals surface area contributed by atoms with Crippen molar-refractivity contribution in [2.45, 2.75) is 6.42 Å². The molecule has 0 heterocycles. The van der Waals surface area contributed by atoms with Crippen molar-refractivity contribution in [1.29, 1.82) is 5.26 Å². The molecule has 5 heteroatoms. The van der Waals surface area contributed by atoms with Crippen LogP contribution >= 0.6 is 31.9 Å². The Hall–Kier alpha value is -0.860. The molecule has 0 aliphatic carbocycles. The van der Waals surface area contributed by atoms with Gasteiger partial charge in [-0.1, -0.05) is 31.9 Å². The van der Waals surface area contributed by atoms with Gasteiger partial charge < -0.3 is 5.11 Å². The molecule has 72 valence electrons. The maximum Gasteiger partial charge on any atom is 0.307 e. The fourth-order valence-corrected chi connectivity index (χ4v) is 2.40. The van der Waals surface area contributed by atoms with Gasteiger partial charge in [0, 0.05) is 8.95 Å². The van der Waals surface area contributed by atoms with Crippen LogP contribution in [0.25, 0.3) is 0 Å². The SMILES string of the molecule is N#Cc1cc(Br)cc(Br)c1CC(=O)O. The summed E-state index contributed by atoms with van der Waals surface area (Å²) in [5, 5.41) is 17.4. The smallest absolute Gasteiger partial charge is 0.307 e. The van der Waals surface area contributed by atoms with Crippen molar-refractivity contribution in [2.75, 3.05) is 0 Å². The second-order valence-corrected chi connectivity index (χ2v) is 4.37. The molecule has 0 fully saturated rings. The maximum absolute atomic E-state index is 10.5. The van der Waals surface area contributed by atoms with Gasteiger partial charge in [-0.3, -0.25) is 4.79 Å². The van der Waals surface area contributed by atoms with Gasteiger partial charge in [-0.05, 0) is 17.7 Å². The molecule has 0 spiro atoms. The van der Waals surface area contributed by atoms with Crippen molar-refractivity contribution >= 4 is 37.8 Å². The summed E-state index contributed by atoms with van der Waals surface area (Å²) in [5.74, 6) is -0.954. The molecule has 1 rings (SSSR count). The maximum atomic E-state index is 10.5. The molecule has 14 heavy (non-hydrogen) atoms. The fourth-order valence-electron chi connectivity index (χ4n) is 1.03. The Morgan fingerprint density at radius 2 is 2.14 bits per heavy atom. The average molecular weight is 319 g/mol. The molecule has 0 aromatic heterocycles. The highest BCUT2D eigenvalue weighted by Crippen LogP contribution is 2.26. The molecular formula is C9H5Br2NO2. The first-order valence-corrected chi connectivity index (χ1v) is 5.23. The lowest BCUT2D eigenvalue weighted by Gasteiger charge is -2.04. The number of nitrogens with zero attached hydrogens (tertiary/aromatic N) is 1. The molecule has 1 aromatic rings. The van der Waals surface area contributed by atoms with E-state index in [-0.39, 0.29) is 6.42 Å². The molecule has 3 nitrogen and oxygen atoms in total. The van der Waals surface area contributed by atoms with E-state index in [1.807, 2.05) is 6.07 Å². The predicted octanol–water partition coefficient (Wildman–Crippen LogP) is 2.71. The molecule has 0 amide bonds. The average Bonchev–Trinajstić information content (AvgIpc) is 2.08. The minimum absolute atomic E-state index is 0.156. The number of carbonyl (C=O) groups is 1. The molecule has 0 saturated carbocycles. The van der Waals surface area contributed by atoms with Crippen molar-refractivity contribution in [3.63, 3.8) is 0 Å². The number of carboxylic acid groups (broad SMARTS) is 1. The van der Waals surface area contributed by atoms with Gasteiger partial charge in [-0.2, -0.15) is 5.26 Å². The predicted molar refractivity (Wildman–Crippen MR) is 57.9 cm³/mol. The monoisotopic (exact) mass is 317 g/mol. The van der Waals surface area contributed by atoms with Crippen LogP contribution in [0.2, 0.25) is 0 Å². The highest BCUT2D eigenvalue weighted by molar-refractivity contribution is 9.11. The molecule has 0 bridgehead atoms. The Bertz CT molecular complexity index is 424. The summed E-state index contributed by atoms with van der Waals surface area (Å²) in [4.78, 5) is 10.5. The summed E-state index contributed by atoms with van der Waals surface area (Å²) in [5.41, 5.74) is 0.872. The molecule has 0 aliphatic heterocycles. The summed E-state index contributed by atoms with van der Waals surface area (Å²) >= 11 is 6.45. The Kier molecular flexibility index (Phi) is 3.67. The Morgan fingerprint density at radius 1 is 1.50 bits per heavy atom. The summed E-state index contributed by atoms with van der Waals surface area (Å²) in [6, 6.07) is 5.28. The first-order chi connectivity index (χ1) is 6.54. The lowest BCUT2D eigenvalue weighted by atomic mass is 10.1. The third-order valence-electron chi connectivity index (χ3n) is 1.61. The largest absolute Gasteiger partial charge is 0.481 e. The van der Waals surface area contributed by atoms with Crippen molar-refractivity contribution in [3.8, 4) is 6.07 Å². The number of halogens is 2. The Morgan fingerprint density at radius 3 is 2.64 bits per heavy atom. The van der Waals surface area contributed by atoms with Gasteiger partial charge in [0.05, 0.1) is 18.1 Å². The molecule has 0 aliphatic rings. The van der Waals surface area contributed by atoms with Crippen LogP contribution in [-0.2, 0) is 11.2 Å². The van der Waals surface area contributed by atoms with E-state index in [4.69, 9.17) is 10.4 Å². The van der Waals surface area contributed by atoms with Crippen molar-refractivity contribution in [2.24, 2.45) is 0 Å². The van der Waals surface area contributed by atoms with Crippen LogP contribution in [-0.4, -0.2) is 11.1 Å². The zero-order valence-electron chi connectivity index (χ0n) is 6.92. The molecule has 1 aromatic carbocycles. The highest BCUT2D eigenvalue weighted by atomic mass is 79.9. The number of hydrogen-bond donors (Lipinski definition) is 1. The summed E-state index contributed by atoms with van der Waals surface area (Å²) in [6.45, 7) is 0. The molecule has 0 radical (unpaired) electrons. The van der Waals surface area contributed by atoms with Crippen LogP contribution in [0.15, 0.2) is 21.1 Å². The molecule has 0 atom stereocenters. The van der Waals surface area contributed by atoms with Crippen molar-refractivity contribution < 1.29 is 9.90 Å². The highest BCUT2D eigenvalue weighted by Gasteiger charge is 2.11. The fraction of sp³-hybridized carbons (Fsp3) is 0.111. The molecule has 1 N–H and O–H groups in total. The van der Waals surface area contributed by atoms with Gasteiger partial charge >= 0.3 is 5.97 Å². The van der Waals surface area contributed by atoms with Crippen LogP contribution in [0.5, 0.6) is 0 Å². The first-order valence-electron chi connectivity index (χ1n) is 3.64. The van der Waals surface area contributed by atoms with Crippen LogP contribution < -0.4 is 0 Å². The van der Waals surface area contributed by atoms with Crippen molar-refractivity contribution in [1.82, 2.24) is 0 Å². The quantitative estimate of drug-likeness (QED) is 0.912. The van der Waals surface area contributed by atoms with Crippen LogP contribution in [0, 0.1) is 11.3 Å². The van der Waals surface area contributed by atoms with Crippen LogP contribution in [0.1, 0.15) is 11.1 Å². The van der Waals surface area contributed by atoms with E-state index in [0.717, 1.165) is 4.47 Å². The zero-order chi connectivity index (χ0) is 10.7. The van der Waals surface area contributed by atoms with E-state index >= 15 is 0 Å². The third-order valence-corrected chi connectivity index (χ3v) is 2.77. The van der Waals surface area contributed by atoms with Gasteiger partial charge in [0.1, 0.15) is 0 Å². The number of carboxylic acids is 1. The summed E-state index contributed by atoms with van der Waals surface area (Å²) in [6.07, 6.45) is -0.156. The van der Waals surface area contributed by atoms with E-state index in [1.54, 1.807) is 12.1 Å². The lowest BCUT2D eigenvalue weighted by Crippen LogP contribution is -2.03. The number of rotatable bonds is 2. The number of aliphatic carboxylic acids is 1. The van der Waals surface area contributed by atoms with E-state index in [1.165, 1.54) is 0 Å². The standard InChI is InChI=1S/C9H5Br2NO2/c10-6-1-5(4-12)7(3-9(13)14)8(11)2-6/h1-2H,3H2,(H,13,14). The van der Waals surface area contributed by atoms with Gasteiger partial charge in [0.2, 0.25) is 0 Å². The second kappa shape index (κ2) is 4.58. The Balaban J connectivity index is 3.27. The topological polar surface area (TPSA) is 61.1 Å². The first kappa shape index (κ1) is 11.2. The van der Waals surface area contributed by atoms with E-state index in [0.29, 0.717) is 15.6 Å². The third kappa shape index (κ3) is 2.56. The molecule has 0 unspecified atom stereocenters. The normalized spacial score (nSPS) is 9.50. The van der Waals surface area contributed by atoms with Gasteiger partial charge in [0.15, 0.2) is 0 Å². The van der Waals surface area contributed by atoms with Gasteiger partial charge in [-0.25, -0.2) is 0 Å². The van der Waals surface area contributed by atoms with E-state index in [9.17, 15) is 4.79 Å². The summed E-state index contributed by atoms with van der Waals surface area (Å²) < 4.78 is 1.38. The Labute approximate surface area is 97.6 Å². The number of nitriles is 1. The van der Waals surface area contributed by atoms with Gasteiger partial charge in [-0.15, -0.1) is 0 Å².